The number of rotatable bonds is 8. The molecule has 0 atom stereocenters. The number of benzene rings is 3. The summed E-state index contributed by atoms with van der Waals surface area (Å²) in [6.45, 7) is 1.61. The predicted molar refractivity (Wildman–Crippen MR) is 128 cm³/mol. The lowest BCUT2D eigenvalue weighted by molar-refractivity contribution is -0.137. The van der Waals surface area contributed by atoms with Gasteiger partial charge in [0.2, 0.25) is 11.8 Å². The fraction of sp³-hybridized carbons (Fsp3) is 0.231. The number of ether oxygens (including phenoxy) is 2. The van der Waals surface area contributed by atoms with Gasteiger partial charge in [0.05, 0.1) is 5.69 Å². The van der Waals surface area contributed by atoms with Crippen LogP contribution >= 0.6 is 0 Å². The van der Waals surface area contributed by atoms with Crippen molar-refractivity contribution in [2.45, 2.75) is 0 Å². The van der Waals surface area contributed by atoms with E-state index in [9.17, 15) is 14.0 Å². The van der Waals surface area contributed by atoms with Gasteiger partial charge in [-0.1, -0.05) is 30.3 Å². The molecule has 0 spiro atoms. The van der Waals surface area contributed by atoms with E-state index in [0.29, 0.717) is 43.3 Å². The molecule has 0 saturated carbocycles. The molecule has 8 heteroatoms. The first kappa shape index (κ1) is 23.3. The molecule has 0 bridgehead atoms. The molecule has 1 N–H and O–H groups in total. The summed E-state index contributed by atoms with van der Waals surface area (Å²) in [5.41, 5.74) is 1.15. The van der Waals surface area contributed by atoms with Crippen molar-refractivity contribution in [3.8, 4) is 11.5 Å². The Morgan fingerprint density at radius 3 is 2.15 bits per heavy atom. The molecule has 34 heavy (non-hydrogen) atoms. The molecule has 0 radical (unpaired) electrons. The highest BCUT2D eigenvalue weighted by atomic mass is 19.1. The first-order chi connectivity index (χ1) is 16.6. The normalized spacial score (nSPS) is 13.4. The SMILES string of the molecule is O=C(COCC(=O)N1CCN(c2ccccc2F)CC1)Nc1ccc(Oc2ccccc2)cc1. The summed E-state index contributed by atoms with van der Waals surface area (Å²) >= 11 is 0. The van der Waals surface area contributed by atoms with E-state index in [1.807, 2.05) is 35.2 Å². The number of piperazine rings is 1. The van der Waals surface area contributed by atoms with Gasteiger partial charge in [-0.25, -0.2) is 4.39 Å². The maximum Gasteiger partial charge on any atom is 0.250 e. The Morgan fingerprint density at radius 2 is 1.44 bits per heavy atom. The van der Waals surface area contributed by atoms with Crippen LogP contribution in [-0.4, -0.2) is 56.1 Å². The van der Waals surface area contributed by atoms with Crippen molar-refractivity contribution in [1.29, 1.82) is 0 Å². The zero-order valence-electron chi connectivity index (χ0n) is 18.7. The number of nitrogens with zero attached hydrogens (tertiary/aromatic N) is 2. The summed E-state index contributed by atoms with van der Waals surface area (Å²) in [6, 6.07) is 23.0. The molecule has 7 nitrogen and oxygen atoms in total. The molecule has 176 valence electrons. The smallest absolute Gasteiger partial charge is 0.250 e. The van der Waals surface area contributed by atoms with Gasteiger partial charge in [0.15, 0.2) is 0 Å². The lowest BCUT2D eigenvalue weighted by Gasteiger charge is -2.36. The summed E-state index contributed by atoms with van der Waals surface area (Å²) in [7, 11) is 0. The van der Waals surface area contributed by atoms with Crippen LogP contribution in [0, 0.1) is 5.82 Å². The Balaban J connectivity index is 1.16. The monoisotopic (exact) mass is 463 g/mol. The lowest BCUT2D eigenvalue weighted by atomic mass is 10.2. The number of carbonyl (C=O) groups is 2. The number of hydrogen-bond donors (Lipinski definition) is 1. The van der Waals surface area contributed by atoms with Gasteiger partial charge in [-0.15, -0.1) is 0 Å². The van der Waals surface area contributed by atoms with Crippen LogP contribution in [0.15, 0.2) is 78.9 Å². The Kier molecular flexibility index (Phi) is 7.72. The summed E-state index contributed by atoms with van der Waals surface area (Å²) < 4.78 is 25.0. The van der Waals surface area contributed by atoms with Gasteiger partial charge in [-0.2, -0.15) is 0 Å². The van der Waals surface area contributed by atoms with E-state index in [1.165, 1.54) is 6.07 Å². The Hall–Kier alpha value is -3.91. The minimum atomic E-state index is -0.353. The largest absolute Gasteiger partial charge is 0.457 e. The number of halogens is 1. The number of hydrogen-bond acceptors (Lipinski definition) is 5. The van der Waals surface area contributed by atoms with Gasteiger partial charge in [-0.3, -0.25) is 9.59 Å². The third-order valence-electron chi connectivity index (χ3n) is 5.40. The van der Waals surface area contributed by atoms with Gasteiger partial charge in [-0.05, 0) is 48.5 Å². The Bertz CT molecular complexity index is 1100. The van der Waals surface area contributed by atoms with E-state index in [0.717, 1.165) is 5.75 Å². The van der Waals surface area contributed by atoms with Crippen LogP contribution in [0.2, 0.25) is 0 Å². The van der Waals surface area contributed by atoms with Crippen LogP contribution in [0.4, 0.5) is 15.8 Å². The molecule has 1 fully saturated rings. The summed E-state index contributed by atoms with van der Waals surface area (Å²) in [6.07, 6.45) is 0. The fourth-order valence-corrected chi connectivity index (χ4v) is 3.66. The minimum absolute atomic E-state index is 0.184. The van der Waals surface area contributed by atoms with E-state index < -0.39 is 0 Å². The highest BCUT2D eigenvalue weighted by Gasteiger charge is 2.22. The summed E-state index contributed by atoms with van der Waals surface area (Å²) in [5, 5.41) is 2.73. The maximum atomic E-state index is 14.0. The van der Waals surface area contributed by atoms with Crippen molar-refractivity contribution in [2.75, 3.05) is 49.6 Å². The predicted octanol–water partition coefficient (Wildman–Crippen LogP) is 3.92. The molecule has 1 saturated heterocycles. The second-order valence-electron chi connectivity index (χ2n) is 7.80. The molecule has 1 aliphatic heterocycles. The highest BCUT2D eigenvalue weighted by Crippen LogP contribution is 2.23. The standard InChI is InChI=1S/C26H26FN3O4/c27-23-8-4-5-9-24(23)29-14-16-30(17-15-29)26(32)19-33-18-25(31)28-20-10-12-22(13-11-20)34-21-6-2-1-3-7-21/h1-13H,14-19H2,(H,28,31). The van der Waals surface area contributed by atoms with Crippen molar-refractivity contribution in [1.82, 2.24) is 4.90 Å². The van der Waals surface area contributed by atoms with Crippen molar-refractivity contribution < 1.29 is 23.5 Å². The molecular formula is C26H26FN3O4. The summed E-state index contributed by atoms with van der Waals surface area (Å²) in [5.74, 6) is 0.569. The van der Waals surface area contributed by atoms with Crippen molar-refractivity contribution in [2.24, 2.45) is 0 Å². The average Bonchev–Trinajstić information content (AvgIpc) is 2.86. The lowest BCUT2D eigenvalue weighted by Crippen LogP contribution is -2.50. The topological polar surface area (TPSA) is 71.1 Å². The van der Waals surface area contributed by atoms with Crippen molar-refractivity contribution in [3.05, 3.63) is 84.7 Å². The van der Waals surface area contributed by atoms with Gasteiger partial charge in [0, 0.05) is 31.9 Å². The second-order valence-corrected chi connectivity index (χ2v) is 7.80. The Labute approximate surface area is 197 Å². The molecule has 3 aromatic carbocycles. The molecule has 3 aromatic rings. The number of amides is 2. The maximum absolute atomic E-state index is 14.0. The van der Waals surface area contributed by atoms with Gasteiger partial charge >= 0.3 is 0 Å². The van der Waals surface area contributed by atoms with Gasteiger partial charge in [0.25, 0.3) is 0 Å². The quantitative estimate of drug-likeness (QED) is 0.548. The zero-order chi connectivity index (χ0) is 23.8. The third-order valence-corrected chi connectivity index (χ3v) is 5.40. The number of para-hydroxylation sites is 2. The summed E-state index contributed by atoms with van der Waals surface area (Å²) in [4.78, 5) is 28.1. The first-order valence-corrected chi connectivity index (χ1v) is 11.1. The number of carbonyl (C=O) groups excluding carboxylic acids is 2. The zero-order valence-corrected chi connectivity index (χ0v) is 18.7. The van der Waals surface area contributed by atoms with Gasteiger partial charge in [0.1, 0.15) is 30.5 Å². The van der Waals surface area contributed by atoms with Crippen molar-refractivity contribution in [3.63, 3.8) is 0 Å². The molecule has 0 aromatic heterocycles. The first-order valence-electron chi connectivity index (χ1n) is 11.1. The van der Waals surface area contributed by atoms with E-state index in [4.69, 9.17) is 9.47 Å². The molecule has 2 amide bonds. The molecule has 0 aliphatic carbocycles. The van der Waals surface area contributed by atoms with E-state index in [1.54, 1.807) is 47.4 Å². The molecule has 0 unspecified atom stereocenters. The number of nitrogens with one attached hydrogen (secondary N) is 1. The molecule has 1 aliphatic rings. The van der Waals surface area contributed by atoms with E-state index in [2.05, 4.69) is 5.32 Å². The highest BCUT2D eigenvalue weighted by molar-refractivity contribution is 5.92. The fourth-order valence-electron chi connectivity index (χ4n) is 3.66. The molecule has 4 rings (SSSR count). The molecule has 1 heterocycles. The minimum Gasteiger partial charge on any atom is -0.457 e. The average molecular weight is 464 g/mol. The van der Waals surface area contributed by atoms with Crippen molar-refractivity contribution >= 4 is 23.2 Å². The third kappa shape index (κ3) is 6.32. The molecular weight excluding hydrogens is 437 g/mol. The van der Waals surface area contributed by atoms with Gasteiger partial charge < -0.3 is 24.6 Å². The van der Waals surface area contributed by atoms with Crippen LogP contribution in [-0.2, 0) is 14.3 Å². The Morgan fingerprint density at radius 1 is 0.794 bits per heavy atom. The van der Waals surface area contributed by atoms with Crippen LogP contribution in [0.5, 0.6) is 11.5 Å². The second kappa shape index (κ2) is 11.3. The van der Waals surface area contributed by atoms with Crippen LogP contribution in [0.3, 0.4) is 0 Å². The van der Waals surface area contributed by atoms with Crippen LogP contribution in [0.25, 0.3) is 0 Å². The van der Waals surface area contributed by atoms with Crippen LogP contribution in [0.1, 0.15) is 0 Å². The number of anilines is 2. The van der Waals surface area contributed by atoms with Crippen LogP contribution < -0.4 is 15.0 Å². The van der Waals surface area contributed by atoms with E-state index >= 15 is 0 Å². The van der Waals surface area contributed by atoms with E-state index in [-0.39, 0.29) is 30.8 Å².